The Morgan fingerprint density at radius 1 is 0.531 bits per heavy atom. The van der Waals surface area contributed by atoms with Crippen LogP contribution in [0.15, 0.2) is 224 Å². The second kappa shape index (κ2) is 14.4. The summed E-state index contributed by atoms with van der Waals surface area (Å²) in [7, 11) is 0. The van der Waals surface area contributed by atoms with Crippen molar-refractivity contribution in [1.82, 2.24) is 4.57 Å². The molecule has 0 amide bonds. The summed E-state index contributed by atoms with van der Waals surface area (Å²) in [6.07, 6.45) is 11.7. The first-order chi connectivity index (χ1) is 31.7. The highest BCUT2D eigenvalue weighted by molar-refractivity contribution is 5.98. The zero-order valence-corrected chi connectivity index (χ0v) is 35.8. The number of allylic oxidation sites excluding steroid dienone is 5. The normalized spacial score (nSPS) is 18.8. The topological polar surface area (TPSA) is 8.17 Å². The number of para-hydroxylation sites is 2. The summed E-state index contributed by atoms with van der Waals surface area (Å²) in [6, 6.07) is 74.5. The molecule has 4 aliphatic carbocycles. The molecule has 0 saturated heterocycles. The van der Waals surface area contributed by atoms with Crippen LogP contribution in [0.2, 0.25) is 0 Å². The molecule has 2 nitrogen and oxygen atoms in total. The minimum atomic E-state index is -0.387. The third kappa shape index (κ3) is 5.39. The van der Waals surface area contributed by atoms with Gasteiger partial charge in [-0.25, -0.2) is 0 Å². The second-order valence-corrected chi connectivity index (χ2v) is 18.0. The van der Waals surface area contributed by atoms with Crippen molar-refractivity contribution in [2.24, 2.45) is 5.92 Å². The first-order valence-electron chi connectivity index (χ1n) is 22.8. The highest BCUT2D eigenvalue weighted by Gasteiger charge is 2.53. The molecule has 1 spiro atoms. The molecule has 4 aliphatic rings. The van der Waals surface area contributed by atoms with Gasteiger partial charge in [0.05, 0.1) is 10.9 Å². The van der Waals surface area contributed by atoms with E-state index >= 15 is 0 Å². The van der Waals surface area contributed by atoms with Crippen LogP contribution in [0.4, 0.5) is 17.1 Å². The Morgan fingerprint density at radius 2 is 1.14 bits per heavy atom. The summed E-state index contributed by atoms with van der Waals surface area (Å²) in [4.78, 5) is 2.47. The van der Waals surface area contributed by atoms with Gasteiger partial charge < -0.3 is 9.47 Å². The molecule has 0 radical (unpaired) electrons. The lowest BCUT2D eigenvalue weighted by Gasteiger charge is -2.34. The number of rotatable bonds is 6. The first-order valence-corrected chi connectivity index (χ1v) is 22.8. The van der Waals surface area contributed by atoms with E-state index in [1.807, 2.05) is 0 Å². The van der Waals surface area contributed by atoms with E-state index in [0.717, 1.165) is 29.9 Å². The molecule has 9 aromatic rings. The minimum Gasteiger partial charge on any atom is -0.310 e. The van der Waals surface area contributed by atoms with Crippen molar-refractivity contribution < 1.29 is 0 Å². The van der Waals surface area contributed by atoms with Gasteiger partial charge >= 0.3 is 0 Å². The van der Waals surface area contributed by atoms with Crippen LogP contribution in [0.25, 0.3) is 50.5 Å². The largest absolute Gasteiger partial charge is 0.310 e. The van der Waals surface area contributed by atoms with E-state index in [9.17, 15) is 0 Å². The summed E-state index contributed by atoms with van der Waals surface area (Å²) >= 11 is 0. The molecule has 8 aromatic carbocycles. The van der Waals surface area contributed by atoms with Crippen LogP contribution < -0.4 is 4.90 Å². The quantitative estimate of drug-likeness (QED) is 0.162. The molecule has 1 aromatic heterocycles. The molecule has 3 unspecified atom stereocenters. The SMILES string of the molecule is CC1CC=CC2=C1c1ccccc1C21c2ccccc2-c2ccc(N(c3ccc(-c4ccccc4)cc3)c3ccc(C4C=Cc5c(c6ccccc6n5-c5ccccc5)C4)cc3)cc21. The number of fused-ring (bicyclic) bond motifs is 12. The van der Waals surface area contributed by atoms with E-state index in [4.69, 9.17) is 0 Å². The van der Waals surface area contributed by atoms with Crippen molar-refractivity contribution in [3.63, 3.8) is 0 Å². The van der Waals surface area contributed by atoms with Crippen LogP contribution in [0.5, 0.6) is 0 Å². The summed E-state index contributed by atoms with van der Waals surface area (Å²) < 4.78 is 2.42. The zero-order valence-electron chi connectivity index (χ0n) is 35.8. The van der Waals surface area contributed by atoms with Gasteiger partial charge in [-0.2, -0.15) is 0 Å². The standard InChI is InChI=1S/C62H46N2/c1-41-15-14-25-57-61(41)53-22-9-12-24-56(53)62(57)55-23-11-8-20-50(55)51-37-36-49(40-58(51)62)63(47-32-27-43(28-33-47)42-16-4-2-5-17-42)48-34-29-44(30-35-48)45-31-38-60-54(39-45)52-21-10-13-26-59(52)64(60)46-18-6-3-7-19-46/h2-14,16-38,40-41,45H,15,39H2,1H3. The predicted octanol–water partition coefficient (Wildman–Crippen LogP) is 15.8. The Bertz CT molecular complexity index is 3380. The molecule has 13 rings (SSSR count). The molecule has 0 fully saturated rings. The van der Waals surface area contributed by atoms with Gasteiger partial charge in [0.15, 0.2) is 0 Å². The van der Waals surface area contributed by atoms with Crippen molar-refractivity contribution in [2.45, 2.75) is 31.1 Å². The fourth-order valence-electron chi connectivity index (χ4n) is 11.8. The molecular formula is C62H46N2. The van der Waals surface area contributed by atoms with Crippen LogP contribution in [-0.2, 0) is 11.8 Å². The minimum absolute atomic E-state index is 0.268. The van der Waals surface area contributed by atoms with Crippen LogP contribution in [0.1, 0.15) is 58.3 Å². The fraction of sp³-hybridized carbons (Fsp3) is 0.0968. The van der Waals surface area contributed by atoms with Gasteiger partial charge in [-0.1, -0.05) is 171 Å². The molecule has 304 valence electrons. The molecular weight excluding hydrogens is 773 g/mol. The van der Waals surface area contributed by atoms with Gasteiger partial charge in [-0.3, -0.25) is 0 Å². The summed E-state index contributed by atoms with van der Waals surface area (Å²) in [5.74, 6) is 0.718. The third-order valence-corrected chi connectivity index (χ3v) is 14.6. The fourth-order valence-corrected chi connectivity index (χ4v) is 11.8. The number of aromatic nitrogens is 1. The maximum atomic E-state index is 2.52. The number of hydrogen-bond acceptors (Lipinski definition) is 1. The Balaban J connectivity index is 0.940. The van der Waals surface area contributed by atoms with Crippen molar-refractivity contribution in [1.29, 1.82) is 0 Å². The highest BCUT2D eigenvalue weighted by atomic mass is 15.1. The number of anilines is 3. The molecule has 2 heteroatoms. The summed E-state index contributed by atoms with van der Waals surface area (Å²) in [5.41, 5.74) is 23.1. The molecule has 1 heterocycles. The molecule has 3 atom stereocenters. The lowest BCUT2D eigenvalue weighted by molar-refractivity contribution is 0.731. The van der Waals surface area contributed by atoms with E-state index < -0.39 is 0 Å². The van der Waals surface area contributed by atoms with Crippen LogP contribution in [0.3, 0.4) is 0 Å². The van der Waals surface area contributed by atoms with Crippen molar-refractivity contribution >= 4 is 39.6 Å². The van der Waals surface area contributed by atoms with Gasteiger partial charge in [0.25, 0.3) is 0 Å². The lowest BCUT2D eigenvalue weighted by atomic mass is 9.68. The van der Waals surface area contributed by atoms with E-state index in [1.165, 1.54) is 89.1 Å². The zero-order chi connectivity index (χ0) is 42.4. The second-order valence-electron chi connectivity index (χ2n) is 18.0. The Hall–Kier alpha value is -7.68. The van der Waals surface area contributed by atoms with Crippen LogP contribution in [0, 0.1) is 5.92 Å². The van der Waals surface area contributed by atoms with E-state index in [1.54, 1.807) is 0 Å². The Labute approximate surface area is 375 Å². The number of benzene rings is 8. The van der Waals surface area contributed by atoms with Crippen LogP contribution >= 0.6 is 0 Å². The lowest BCUT2D eigenvalue weighted by Crippen LogP contribution is -2.27. The van der Waals surface area contributed by atoms with Gasteiger partial charge in [0.2, 0.25) is 0 Å². The molecule has 0 N–H and O–H groups in total. The smallest absolute Gasteiger partial charge is 0.0723 e. The maximum absolute atomic E-state index is 2.52. The van der Waals surface area contributed by atoms with Crippen molar-refractivity contribution in [3.05, 3.63) is 263 Å². The summed E-state index contributed by atoms with van der Waals surface area (Å²) in [6.45, 7) is 2.41. The average molecular weight is 819 g/mol. The van der Waals surface area contributed by atoms with Crippen LogP contribution in [-0.4, -0.2) is 4.57 Å². The first kappa shape index (κ1) is 36.9. The monoisotopic (exact) mass is 818 g/mol. The Morgan fingerprint density at radius 3 is 1.92 bits per heavy atom. The molecule has 64 heavy (non-hydrogen) atoms. The van der Waals surface area contributed by atoms with Gasteiger partial charge in [0.1, 0.15) is 0 Å². The van der Waals surface area contributed by atoms with E-state index in [2.05, 4.69) is 241 Å². The third-order valence-electron chi connectivity index (χ3n) is 14.6. The highest BCUT2D eigenvalue weighted by Crippen LogP contribution is 2.64. The average Bonchev–Trinajstić information content (AvgIpc) is 3.97. The molecule has 0 saturated carbocycles. The summed E-state index contributed by atoms with van der Waals surface area (Å²) in [5, 5.41) is 1.33. The van der Waals surface area contributed by atoms with Gasteiger partial charge in [-0.15, -0.1) is 0 Å². The van der Waals surface area contributed by atoms with Crippen molar-refractivity contribution in [3.8, 4) is 27.9 Å². The van der Waals surface area contributed by atoms with E-state index in [-0.39, 0.29) is 11.3 Å². The van der Waals surface area contributed by atoms with Gasteiger partial charge in [-0.05, 0) is 146 Å². The van der Waals surface area contributed by atoms with Gasteiger partial charge in [0, 0.05) is 39.7 Å². The predicted molar refractivity (Wildman–Crippen MR) is 267 cm³/mol. The maximum Gasteiger partial charge on any atom is 0.0723 e. The number of nitrogens with zero attached hydrogens (tertiary/aromatic N) is 2. The number of hydrogen-bond donors (Lipinski definition) is 0. The molecule has 0 bridgehead atoms. The Kier molecular flexibility index (Phi) is 8.33. The molecule has 0 aliphatic heterocycles. The van der Waals surface area contributed by atoms with E-state index in [0.29, 0.717) is 5.92 Å². The van der Waals surface area contributed by atoms with Crippen molar-refractivity contribution in [2.75, 3.05) is 4.90 Å².